The molecule has 0 unspecified atom stereocenters. The number of rotatable bonds is 7. The average molecular weight is 448 g/mol. The molecule has 0 aliphatic carbocycles. The molecule has 0 bridgehead atoms. The van der Waals surface area contributed by atoms with Crippen LogP contribution in [0.25, 0.3) is 6.08 Å². The van der Waals surface area contributed by atoms with Crippen LogP contribution in [0.15, 0.2) is 47.4 Å². The van der Waals surface area contributed by atoms with Crippen molar-refractivity contribution < 1.29 is 28.2 Å². The Balaban J connectivity index is 1.92. The van der Waals surface area contributed by atoms with Crippen LogP contribution in [0.3, 0.4) is 0 Å². The van der Waals surface area contributed by atoms with Gasteiger partial charge in [-0.25, -0.2) is 9.18 Å². The van der Waals surface area contributed by atoms with Crippen LogP contribution in [0.2, 0.25) is 0 Å². The highest BCUT2D eigenvalue weighted by Crippen LogP contribution is 2.39. The highest BCUT2D eigenvalue weighted by molar-refractivity contribution is 8.27. The number of anilines is 1. The molecule has 0 radical (unpaired) electrons. The number of thiocarbonyl (C=S) groups is 1. The fraction of sp³-hybridized carbons (Fsp3) is 0.190. The first-order valence-electron chi connectivity index (χ1n) is 8.93. The van der Waals surface area contributed by atoms with E-state index in [0.717, 1.165) is 11.8 Å². The molecule has 3 rings (SSSR count). The quantitative estimate of drug-likeness (QED) is 0.358. The van der Waals surface area contributed by atoms with Gasteiger partial charge in [-0.15, -0.1) is 0 Å². The Morgan fingerprint density at radius 2 is 2.03 bits per heavy atom. The smallest absolute Gasteiger partial charge is 0.344 e. The molecule has 30 heavy (non-hydrogen) atoms. The van der Waals surface area contributed by atoms with Gasteiger partial charge in [0.15, 0.2) is 22.4 Å². The Kier molecular flexibility index (Phi) is 7.07. The SMILES string of the molecule is CCOC(=O)COc1c(/C=C2\SC(=S)N(c3cccc(F)c3)C2=O)cccc1OC. The Morgan fingerprint density at radius 1 is 1.27 bits per heavy atom. The first-order chi connectivity index (χ1) is 14.4. The van der Waals surface area contributed by atoms with Crippen molar-refractivity contribution in [1.29, 1.82) is 0 Å². The summed E-state index contributed by atoms with van der Waals surface area (Å²) in [5.41, 5.74) is 0.878. The standard InChI is InChI=1S/C21H18FNO5S2/c1-3-27-18(24)12-28-19-13(6-4-9-16(19)26-2)10-17-20(25)23(21(29)30-17)15-8-5-7-14(22)11-15/h4-11H,3,12H2,1-2H3/b17-10-. The van der Waals surface area contributed by atoms with Crippen LogP contribution in [0.5, 0.6) is 11.5 Å². The van der Waals surface area contributed by atoms with Gasteiger partial charge in [0, 0.05) is 5.56 Å². The van der Waals surface area contributed by atoms with Gasteiger partial charge >= 0.3 is 5.97 Å². The van der Waals surface area contributed by atoms with Crippen molar-refractivity contribution in [2.24, 2.45) is 0 Å². The normalized spacial score (nSPS) is 14.9. The summed E-state index contributed by atoms with van der Waals surface area (Å²) in [6, 6.07) is 10.8. The molecule has 1 amide bonds. The largest absolute Gasteiger partial charge is 0.493 e. The maximum Gasteiger partial charge on any atom is 0.344 e. The molecule has 1 heterocycles. The van der Waals surface area contributed by atoms with Crippen LogP contribution in [-0.4, -0.2) is 36.5 Å². The maximum atomic E-state index is 13.6. The van der Waals surface area contributed by atoms with Gasteiger partial charge in [-0.3, -0.25) is 9.69 Å². The molecule has 1 aliphatic rings. The fourth-order valence-electron chi connectivity index (χ4n) is 2.74. The van der Waals surface area contributed by atoms with Crippen LogP contribution in [0, 0.1) is 5.82 Å². The van der Waals surface area contributed by atoms with Crippen molar-refractivity contribution in [3.63, 3.8) is 0 Å². The second kappa shape index (κ2) is 9.73. The number of thioether (sulfide) groups is 1. The third-order valence-electron chi connectivity index (χ3n) is 4.02. The van der Waals surface area contributed by atoms with Crippen LogP contribution in [-0.2, 0) is 14.3 Å². The van der Waals surface area contributed by atoms with E-state index >= 15 is 0 Å². The summed E-state index contributed by atoms with van der Waals surface area (Å²) in [5, 5.41) is 0. The highest BCUT2D eigenvalue weighted by atomic mass is 32.2. The van der Waals surface area contributed by atoms with Crippen molar-refractivity contribution in [1.82, 2.24) is 0 Å². The number of carbonyl (C=O) groups excluding carboxylic acids is 2. The van der Waals surface area contributed by atoms with Crippen LogP contribution < -0.4 is 14.4 Å². The van der Waals surface area contributed by atoms with Gasteiger partial charge in [0.2, 0.25) is 0 Å². The number of nitrogens with zero attached hydrogens (tertiary/aromatic N) is 1. The predicted molar refractivity (Wildman–Crippen MR) is 117 cm³/mol. The molecule has 9 heteroatoms. The number of methoxy groups -OCH3 is 1. The van der Waals surface area contributed by atoms with Gasteiger partial charge < -0.3 is 14.2 Å². The number of amides is 1. The van der Waals surface area contributed by atoms with Gasteiger partial charge in [-0.1, -0.05) is 42.2 Å². The lowest BCUT2D eigenvalue weighted by molar-refractivity contribution is -0.145. The van der Waals surface area contributed by atoms with Gasteiger partial charge in [0.25, 0.3) is 5.91 Å². The first-order valence-corrected chi connectivity index (χ1v) is 10.2. The number of esters is 1. The van der Waals surface area contributed by atoms with Crippen molar-refractivity contribution in [2.45, 2.75) is 6.92 Å². The Morgan fingerprint density at radius 3 is 2.73 bits per heavy atom. The molecule has 0 N–H and O–H groups in total. The zero-order valence-corrected chi connectivity index (χ0v) is 17.8. The van der Waals surface area contributed by atoms with E-state index in [1.807, 2.05) is 0 Å². The summed E-state index contributed by atoms with van der Waals surface area (Å²) >= 11 is 6.41. The zero-order chi connectivity index (χ0) is 21.7. The van der Waals surface area contributed by atoms with Gasteiger partial charge in [0.05, 0.1) is 24.3 Å². The molecule has 0 atom stereocenters. The van der Waals surface area contributed by atoms with Crippen molar-refractivity contribution in [3.8, 4) is 11.5 Å². The fourth-order valence-corrected chi connectivity index (χ4v) is 4.03. The third-order valence-corrected chi connectivity index (χ3v) is 5.32. The molecule has 6 nitrogen and oxygen atoms in total. The summed E-state index contributed by atoms with van der Waals surface area (Å²) in [4.78, 5) is 26.2. The van der Waals surface area contributed by atoms with Crippen molar-refractivity contribution >= 4 is 51.9 Å². The van der Waals surface area contributed by atoms with E-state index < -0.39 is 11.8 Å². The van der Waals surface area contributed by atoms with E-state index in [1.54, 1.807) is 37.3 Å². The van der Waals surface area contributed by atoms with E-state index in [1.165, 1.54) is 30.2 Å². The summed E-state index contributed by atoms with van der Waals surface area (Å²) in [6.45, 7) is 1.63. The molecule has 1 saturated heterocycles. The molecule has 2 aromatic rings. The zero-order valence-electron chi connectivity index (χ0n) is 16.2. The molecule has 0 aromatic heterocycles. The van der Waals surface area contributed by atoms with Crippen molar-refractivity contribution in [3.05, 3.63) is 58.8 Å². The molecule has 2 aromatic carbocycles. The van der Waals surface area contributed by atoms with E-state index in [9.17, 15) is 14.0 Å². The second-order valence-electron chi connectivity index (χ2n) is 5.97. The lowest BCUT2D eigenvalue weighted by atomic mass is 10.1. The molecule has 156 valence electrons. The highest BCUT2D eigenvalue weighted by Gasteiger charge is 2.33. The Bertz CT molecular complexity index is 1020. The first kappa shape index (κ1) is 21.8. The predicted octanol–water partition coefficient (Wildman–Crippen LogP) is 4.18. The molecule has 0 spiro atoms. The minimum Gasteiger partial charge on any atom is -0.493 e. The van der Waals surface area contributed by atoms with Gasteiger partial charge in [0.1, 0.15) is 5.82 Å². The third kappa shape index (κ3) is 4.80. The molecular weight excluding hydrogens is 429 g/mol. The minimum absolute atomic E-state index is 0.240. The lowest BCUT2D eigenvalue weighted by Gasteiger charge is -2.14. The topological polar surface area (TPSA) is 65.1 Å². The van der Waals surface area contributed by atoms with Crippen LogP contribution in [0.1, 0.15) is 12.5 Å². The number of ether oxygens (including phenoxy) is 3. The maximum absolute atomic E-state index is 13.6. The number of hydrogen-bond acceptors (Lipinski definition) is 7. The van der Waals surface area contributed by atoms with E-state index in [2.05, 4.69) is 0 Å². The van der Waals surface area contributed by atoms with Crippen molar-refractivity contribution in [2.75, 3.05) is 25.2 Å². The molecule has 1 fully saturated rings. The van der Waals surface area contributed by atoms with Gasteiger partial charge in [-0.2, -0.15) is 0 Å². The number of benzene rings is 2. The summed E-state index contributed by atoms with van der Waals surface area (Å²) in [7, 11) is 1.47. The summed E-state index contributed by atoms with van der Waals surface area (Å²) in [6.07, 6.45) is 1.60. The molecule has 1 aliphatic heterocycles. The average Bonchev–Trinajstić information content (AvgIpc) is 3.00. The van der Waals surface area contributed by atoms with Crippen LogP contribution in [0.4, 0.5) is 10.1 Å². The molecular formula is C21H18FNO5S2. The number of halogens is 1. The second-order valence-corrected chi connectivity index (χ2v) is 7.65. The van der Waals surface area contributed by atoms with E-state index in [-0.39, 0.29) is 23.4 Å². The number of carbonyl (C=O) groups is 2. The van der Waals surface area contributed by atoms with E-state index in [0.29, 0.717) is 27.7 Å². The van der Waals surface area contributed by atoms with Crippen LogP contribution >= 0.6 is 24.0 Å². The summed E-state index contributed by atoms with van der Waals surface area (Å²) < 4.78 is 29.7. The monoisotopic (exact) mass is 447 g/mol. The Labute approximate surface area is 182 Å². The number of hydrogen-bond donors (Lipinski definition) is 0. The minimum atomic E-state index is -0.521. The lowest BCUT2D eigenvalue weighted by Crippen LogP contribution is -2.27. The molecule has 0 saturated carbocycles. The number of para-hydroxylation sites is 1. The van der Waals surface area contributed by atoms with E-state index in [4.69, 9.17) is 26.4 Å². The van der Waals surface area contributed by atoms with Gasteiger partial charge in [-0.05, 0) is 37.3 Å². The summed E-state index contributed by atoms with van der Waals surface area (Å²) in [5.74, 6) is -0.674. The Hall–Kier alpha value is -2.91.